The fourth-order valence-corrected chi connectivity index (χ4v) is 2.06. The molecule has 0 aliphatic heterocycles. The third-order valence-corrected chi connectivity index (χ3v) is 3.00. The molecule has 16 heavy (non-hydrogen) atoms. The highest BCUT2D eigenvalue weighted by atomic mass is 14.9. The van der Waals surface area contributed by atoms with E-state index in [0.717, 1.165) is 26.1 Å². The predicted molar refractivity (Wildman–Crippen MR) is 70.7 cm³/mol. The first kappa shape index (κ1) is 13.2. The van der Waals surface area contributed by atoms with Gasteiger partial charge >= 0.3 is 0 Å². The van der Waals surface area contributed by atoms with Crippen molar-refractivity contribution in [2.45, 2.75) is 32.6 Å². The summed E-state index contributed by atoms with van der Waals surface area (Å²) in [5.74, 6) is 0. The minimum atomic E-state index is 0.180. The molecule has 2 heteroatoms. The van der Waals surface area contributed by atoms with Crippen molar-refractivity contribution in [2.24, 2.45) is 5.73 Å². The second-order valence-corrected chi connectivity index (χ2v) is 5.02. The maximum atomic E-state index is 5.47. The molecule has 0 heterocycles. The number of benzene rings is 1. The zero-order valence-corrected chi connectivity index (χ0v) is 10.7. The van der Waals surface area contributed by atoms with E-state index in [1.165, 1.54) is 11.1 Å². The summed E-state index contributed by atoms with van der Waals surface area (Å²) in [6, 6.07) is 8.61. The lowest BCUT2D eigenvalue weighted by molar-refractivity contribution is 0.465. The molecule has 0 aliphatic rings. The Kier molecular flexibility index (Phi) is 4.97. The summed E-state index contributed by atoms with van der Waals surface area (Å²) in [6.07, 6.45) is 1.05. The van der Waals surface area contributed by atoms with Gasteiger partial charge in [-0.05, 0) is 37.6 Å². The van der Waals surface area contributed by atoms with Crippen LogP contribution in [0.15, 0.2) is 24.3 Å². The van der Waals surface area contributed by atoms with Gasteiger partial charge in [-0.1, -0.05) is 38.1 Å². The van der Waals surface area contributed by atoms with Crippen LogP contribution in [0.1, 0.15) is 31.4 Å². The lowest BCUT2D eigenvalue weighted by atomic mass is 9.82. The van der Waals surface area contributed by atoms with Crippen molar-refractivity contribution >= 4 is 0 Å². The summed E-state index contributed by atoms with van der Waals surface area (Å²) in [5, 5.41) is 3.47. The molecular weight excluding hydrogens is 196 g/mol. The average Bonchev–Trinajstić information content (AvgIpc) is 2.25. The summed E-state index contributed by atoms with van der Waals surface area (Å²) < 4.78 is 0. The lowest BCUT2D eigenvalue weighted by Gasteiger charge is -2.27. The van der Waals surface area contributed by atoms with E-state index in [2.05, 4.69) is 50.4 Å². The molecule has 90 valence electrons. The van der Waals surface area contributed by atoms with Gasteiger partial charge in [-0.25, -0.2) is 0 Å². The minimum Gasteiger partial charge on any atom is -0.330 e. The average molecular weight is 220 g/mol. The van der Waals surface area contributed by atoms with Gasteiger partial charge < -0.3 is 11.1 Å². The summed E-state index contributed by atoms with van der Waals surface area (Å²) in [6.45, 7) is 9.51. The Bertz CT molecular complexity index is 318. The highest BCUT2D eigenvalue weighted by molar-refractivity contribution is 5.32. The molecule has 0 fully saturated rings. The van der Waals surface area contributed by atoms with Crippen LogP contribution in [0.5, 0.6) is 0 Å². The maximum Gasteiger partial charge on any atom is 0.00432 e. The number of hydrogen-bond acceptors (Lipinski definition) is 2. The number of rotatable bonds is 6. The third-order valence-electron chi connectivity index (χ3n) is 3.00. The first-order valence-electron chi connectivity index (χ1n) is 6.05. The van der Waals surface area contributed by atoms with Crippen LogP contribution in [0, 0.1) is 6.92 Å². The maximum absolute atomic E-state index is 5.47. The van der Waals surface area contributed by atoms with E-state index in [9.17, 15) is 0 Å². The van der Waals surface area contributed by atoms with Crippen LogP contribution in [-0.4, -0.2) is 19.6 Å². The van der Waals surface area contributed by atoms with Gasteiger partial charge in [0.1, 0.15) is 0 Å². The van der Waals surface area contributed by atoms with Gasteiger partial charge in [0.05, 0.1) is 0 Å². The fourth-order valence-electron chi connectivity index (χ4n) is 2.06. The van der Waals surface area contributed by atoms with Crippen molar-refractivity contribution in [2.75, 3.05) is 19.6 Å². The first-order chi connectivity index (χ1) is 7.58. The zero-order chi connectivity index (χ0) is 12.0. The Morgan fingerprint density at radius 1 is 1.25 bits per heavy atom. The zero-order valence-electron chi connectivity index (χ0n) is 10.7. The number of nitrogens with one attached hydrogen (secondary N) is 1. The molecule has 0 aromatic heterocycles. The van der Waals surface area contributed by atoms with Crippen molar-refractivity contribution in [3.63, 3.8) is 0 Å². The summed E-state index contributed by atoms with van der Waals surface area (Å²) in [5.41, 5.74) is 8.45. The number of aryl methyl sites for hydroxylation is 1. The highest BCUT2D eigenvalue weighted by Crippen LogP contribution is 2.25. The molecule has 0 bridgehead atoms. The molecule has 0 radical (unpaired) electrons. The normalized spacial score (nSPS) is 11.8. The van der Waals surface area contributed by atoms with E-state index in [4.69, 9.17) is 5.73 Å². The summed E-state index contributed by atoms with van der Waals surface area (Å²) in [4.78, 5) is 0. The molecule has 1 aromatic carbocycles. The van der Waals surface area contributed by atoms with Crippen molar-refractivity contribution in [3.8, 4) is 0 Å². The molecule has 2 nitrogen and oxygen atoms in total. The van der Waals surface area contributed by atoms with E-state index in [0.29, 0.717) is 0 Å². The summed E-state index contributed by atoms with van der Waals surface area (Å²) in [7, 11) is 0. The van der Waals surface area contributed by atoms with Gasteiger partial charge in [-0.3, -0.25) is 0 Å². The van der Waals surface area contributed by atoms with Gasteiger partial charge in [0.2, 0.25) is 0 Å². The van der Waals surface area contributed by atoms with Crippen LogP contribution in [0.2, 0.25) is 0 Å². The lowest BCUT2D eigenvalue weighted by Crippen LogP contribution is -2.34. The topological polar surface area (TPSA) is 38.0 Å². The van der Waals surface area contributed by atoms with Crippen LogP contribution >= 0.6 is 0 Å². The van der Waals surface area contributed by atoms with Gasteiger partial charge in [0.15, 0.2) is 0 Å². The van der Waals surface area contributed by atoms with Crippen LogP contribution in [0.25, 0.3) is 0 Å². The molecule has 0 spiro atoms. The van der Waals surface area contributed by atoms with E-state index >= 15 is 0 Å². The Hall–Kier alpha value is -0.860. The monoisotopic (exact) mass is 220 g/mol. The Morgan fingerprint density at radius 2 is 1.94 bits per heavy atom. The van der Waals surface area contributed by atoms with E-state index < -0.39 is 0 Å². The molecule has 1 rings (SSSR count). The molecule has 3 N–H and O–H groups in total. The fraction of sp³-hybridized carbons (Fsp3) is 0.571. The largest absolute Gasteiger partial charge is 0.330 e. The van der Waals surface area contributed by atoms with Crippen LogP contribution < -0.4 is 11.1 Å². The molecule has 0 aliphatic carbocycles. The van der Waals surface area contributed by atoms with Gasteiger partial charge in [-0.2, -0.15) is 0 Å². The third kappa shape index (κ3) is 3.62. The second-order valence-electron chi connectivity index (χ2n) is 5.02. The van der Waals surface area contributed by atoms with Crippen molar-refractivity contribution < 1.29 is 0 Å². The standard InChI is InChI=1S/C14H24N2/c1-12-7-4-5-8-13(12)14(2,3)11-16-10-6-9-15/h4-5,7-8,16H,6,9-11,15H2,1-3H3. The highest BCUT2D eigenvalue weighted by Gasteiger charge is 2.21. The van der Waals surface area contributed by atoms with Crippen LogP contribution in [0.4, 0.5) is 0 Å². The molecule has 1 aromatic rings. The van der Waals surface area contributed by atoms with Gasteiger partial charge in [0.25, 0.3) is 0 Å². The van der Waals surface area contributed by atoms with Crippen molar-refractivity contribution in [3.05, 3.63) is 35.4 Å². The quantitative estimate of drug-likeness (QED) is 0.721. The van der Waals surface area contributed by atoms with Crippen LogP contribution in [-0.2, 0) is 5.41 Å². The number of nitrogens with two attached hydrogens (primary N) is 1. The summed E-state index contributed by atoms with van der Waals surface area (Å²) >= 11 is 0. The van der Waals surface area contributed by atoms with Crippen molar-refractivity contribution in [1.82, 2.24) is 5.32 Å². The van der Waals surface area contributed by atoms with E-state index in [1.54, 1.807) is 0 Å². The molecule has 0 saturated heterocycles. The molecular formula is C14H24N2. The first-order valence-corrected chi connectivity index (χ1v) is 6.05. The predicted octanol–water partition coefficient (Wildman–Crippen LogP) is 2.21. The van der Waals surface area contributed by atoms with Crippen molar-refractivity contribution in [1.29, 1.82) is 0 Å². The smallest absolute Gasteiger partial charge is 0.00432 e. The second kappa shape index (κ2) is 6.02. The van der Waals surface area contributed by atoms with Crippen LogP contribution in [0.3, 0.4) is 0 Å². The number of hydrogen-bond donors (Lipinski definition) is 2. The van der Waals surface area contributed by atoms with E-state index in [-0.39, 0.29) is 5.41 Å². The molecule has 0 atom stereocenters. The van der Waals surface area contributed by atoms with Gasteiger partial charge in [-0.15, -0.1) is 0 Å². The SMILES string of the molecule is Cc1ccccc1C(C)(C)CNCCCN. The molecule has 0 unspecified atom stereocenters. The molecule has 0 amide bonds. The minimum absolute atomic E-state index is 0.180. The van der Waals surface area contributed by atoms with E-state index in [1.807, 2.05) is 0 Å². The van der Waals surface area contributed by atoms with Gasteiger partial charge in [0, 0.05) is 12.0 Å². The Labute approximate surface area is 99.2 Å². The Morgan fingerprint density at radius 3 is 2.56 bits per heavy atom. The Balaban J connectivity index is 2.59. The molecule has 0 saturated carbocycles.